The fourth-order valence-corrected chi connectivity index (χ4v) is 2.13. The first-order chi connectivity index (χ1) is 11.0. The second-order valence-electron chi connectivity index (χ2n) is 4.70. The molecule has 116 valence electrons. The smallest absolute Gasteiger partial charge is 0.232 e. The van der Waals surface area contributed by atoms with Gasteiger partial charge in [-0.3, -0.25) is 4.79 Å². The Labute approximate surface area is 129 Å². The quantitative estimate of drug-likeness (QED) is 0.752. The Hall–Kier alpha value is -3.09. The van der Waals surface area contributed by atoms with Gasteiger partial charge >= 0.3 is 0 Å². The molecular weight excluding hydrogens is 306 g/mol. The van der Waals surface area contributed by atoms with Gasteiger partial charge in [0.1, 0.15) is 5.82 Å². The molecule has 1 aromatic heterocycles. The summed E-state index contributed by atoms with van der Waals surface area (Å²) in [6, 6.07) is 5.92. The van der Waals surface area contributed by atoms with Gasteiger partial charge in [0.05, 0.1) is 29.9 Å². The molecule has 0 unspecified atom stereocenters. The lowest BCUT2D eigenvalue weighted by Gasteiger charge is -2.07. The van der Waals surface area contributed by atoms with Gasteiger partial charge in [0.25, 0.3) is 0 Å². The molecule has 0 aliphatic heterocycles. The Bertz CT molecular complexity index is 929. The van der Waals surface area contributed by atoms with E-state index in [0.29, 0.717) is 11.0 Å². The summed E-state index contributed by atoms with van der Waals surface area (Å²) in [6.45, 7) is 0. The standard InChI is InChI=1S/C16H10F2N2O3/c1-23-13-7-19-10-4-2-8(6-11(10)20-13)16(22)14-9(17)3-5-12(21)15(14)18/h2-7,21H,1H3. The molecule has 0 fully saturated rings. The average molecular weight is 316 g/mol. The van der Waals surface area contributed by atoms with Crippen LogP contribution in [0, 0.1) is 11.6 Å². The van der Waals surface area contributed by atoms with Gasteiger partial charge in [0, 0.05) is 5.56 Å². The molecule has 0 saturated heterocycles. The third-order valence-electron chi connectivity index (χ3n) is 3.29. The van der Waals surface area contributed by atoms with Gasteiger partial charge in [0.15, 0.2) is 17.3 Å². The minimum atomic E-state index is -1.30. The highest BCUT2D eigenvalue weighted by Gasteiger charge is 2.22. The van der Waals surface area contributed by atoms with Crippen LogP contribution in [0.3, 0.4) is 0 Å². The third-order valence-corrected chi connectivity index (χ3v) is 3.29. The third kappa shape index (κ3) is 2.57. The lowest BCUT2D eigenvalue weighted by Crippen LogP contribution is -2.08. The number of ketones is 1. The highest BCUT2D eigenvalue weighted by molar-refractivity contribution is 6.10. The van der Waals surface area contributed by atoms with Crippen molar-refractivity contribution in [3.8, 4) is 11.6 Å². The van der Waals surface area contributed by atoms with Gasteiger partial charge in [-0.25, -0.2) is 18.7 Å². The van der Waals surface area contributed by atoms with E-state index in [2.05, 4.69) is 9.97 Å². The molecular formula is C16H10F2N2O3. The highest BCUT2D eigenvalue weighted by atomic mass is 19.1. The number of fused-ring (bicyclic) bond motifs is 1. The van der Waals surface area contributed by atoms with E-state index in [1.54, 1.807) is 0 Å². The predicted octanol–water partition coefficient (Wildman–Crippen LogP) is 2.85. The van der Waals surface area contributed by atoms with E-state index in [1.165, 1.54) is 31.5 Å². The normalized spacial score (nSPS) is 10.7. The number of rotatable bonds is 3. The van der Waals surface area contributed by atoms with Crippen molar-refractivity contribution in [1.82, 2.24) is 9.97 Å². The molecule has 0 amide bonds. The Kier molecular flexibility index (Phi) is 3.61. The first kappa shape index (κ1) is 14.8. The van der Waals surface area contributed by atoms with Crippen molar-refractivity contribution >= 4 is 16.8 Å². The minimum Gasteiger partial charge on any atom is -0.505 e. The Morgan fingerprint density at radius 2 is 1.96 bits per heavy atom. The molecule has 0 spiro atoms. The van der Waals surface area contributed by atoms with Crippen LogP contribution in [0.2, 0.25) is 0 Å². The molecule has 3 rings (SSSR count). The largest absolute Gasteiger partial charge is 0.505 e. The first-order valence-corrected chi connectivity index (χ1v) is 6.53. The van der Waals surface area contributed by atoms with E-state index in [4.69, 9.17) is 4.74 Å². The maximum Gasteiger partial charge on any atom is 0.232 e. The summed E-state index contributed by atoms with van der Waals surface area (Å²) in [5.74, 6) is -3.80. The SMILES string of the molecule is COc1cnc2ccc(C(=O)c3c(F)ccc(O)c3F)cc2n1. The zero-order chi connectivity index (χ0) is 16.6. The summed E-state index contributed by atoms with van der Waals surface area (Å²) in [7, 11) is 1.42. The van der Waals surface area contributed by atoms with Crippen LogP contribution >= 0.6 is 0 Å². The molecule has 5 nitrogen and oxygen atoms in total. The van der Waals surface area contributed by atoms with Crippen LogP contribution < -0.4 is 4.74 Å². The fraction of sp³-hybridized carbons (Fsp3) is 0.0625. The van der Waals surface area contributed by atoms with Gasteiger partial charge in [-0.2, -0.15) is 0 Å². The van der Waals surface area contributed by atoms with Crippen molar-refractivity contribution < 1.29 is 23.4 Å². The molecule has 7 heteroatoms. The second-order valence-corrected chi connectivity index (χ2v) is 4.70. The Morgan fingerprint density at radius 3 is 2.70 bits per heavy atom. The van der Waals surface area contributed by atoms with Crippen molar-refractivity contribution in [2.45, 2.75) is 0 Å². The van der Waals surface area contributed by atoms with Gasteiger partial charge in [0.2, 0.25) is 5.88 Å². The van der Waals surface area contributed by atoms with Crippen LogP contribution in [-0.4, -0.2) is 28.0 Å². The summed E-state index contributed by atoms with van der Waals surface area (Å²) >= 11 is 0. The van der Waals surface area contributed by atoms with Crippen LogP contribution in [-0.2, 0) is 0 Å². The molecule has 1 heterocycles. The summed E-state index contributed by atoms with van der Waals surface area (Å²) in [5.41, 5.74) is 0.0408. The van der Waals surface area contributed by atoms with Crippen molar-refractivity contribution in [2.75, 3.05) is 7.11 Å². The molecule has 0 radical (unpaired) electrons. The first-order valence-electron chi connectivity index (χ1n) is 6.53. The number of hydrogen-bond acceptors (Lipinski definition) is 5. The number of methoxy groups -OCH3 is 1. The van der Waals surface area contributed by atoms with Gasteiger partial charge < -0.3 is 9.84 Å². The Balaban J connectivity index is 2.13. The number of aromatic hydroxyl groups is 1. The van der Waals surface area contributed by atoms with Crippen molar-refractivity contribution in [2.24, 2.45) is 0 Å². The maximum absolute atomic E-state index is 13.9. The van der Waals surface area contributed by atoms with Crippen LogP contribution in [0.1, 0.15) is 15.9 Å². The van der Waals surface area contributed by atoms with Crippen molar-refractivity contribution in [3.63, 3.8) is 0 Å². The Morgan fingerprint density at radius 1 is 1.17 bits per heavy atom. The molecule has 0 bridgehead atoms. The zero-order valence-electron chi connectivity index (χ0n) is 11.9. The lowest BCUT2D eigenvalue weighted by atomic mass is 10.0. The van der Waals surface area contributed by atoms with Crippen molar-refractivity contribution in [3.05, 3.63) is 59.3 Å². The van der Waals surface area contributed by atoms with E-state index in [-0.39, 0.29) is 11.4 Å². The number of phenolic OH excluding ortho intramolecular Hbond substituents is 1. The molecule has 0 atom stereocenters. The average Bonchev–Trinajstić information content (AvgIpc) is 2.57. The number of nitrogens with zero attached hydrogens (tertiary/aromatic N) is 2. The number of ether oxygens (including phenoxy) is 1. The van der Waals surface area contributed by atoms with E-state index >= 15 is 0 Å². The molecule has 3 aromatic rings. The maximum atomic E-state index is 13.9. The molecule has 0 saturated carbocycles. The van der Waals surface area contributed by atoms with Gasteiger partial charge in [-0.05, 0) is 30.3 Å². The number of halogens is 2. The van der Waals surface area contributed by atoms with Crippen LogP contribution in [0.4, 0.5) is 8.78 Å². The minimum absolute atomic E-state index is 0.0171. The monoisotopic (exact) mass is 316 g/mol. The van der Waals surface area contributed by atoms with Gasteiger partial charge in [-0.1, -0.05) is 0 Å². The molecule has 1 N–H and O–H groups in total. The number of aromatic nitrogens is 2. The van der Waals surface area contributed by atoms with E-state index < -0.39 is 28.7 Å². The molecule has 2 aromatic carbocycles. The topological polar surface area (TPSA) is 72.3 Å². The summed E-state index contributed by atoms with van der Waals surface area (Å²) in [5, 5.41) is 9.33. The summed E-state index contributed by atoms with van der Waals surface area (Å²) in [4.78, 5) is 20.6. The lowest BCUT2D eigenvalue weighted by molar-refractivity contribution is 0.103. The fourth-order valence-electron chi connectivity index (χ4n) is 2.13. The van der Waals surface area contributed by atoms with Crippen LogP contribution in [0.5, 0.6) is 11.6 Å². The van der Waals surface area contributed by atoms with E-state index in [1.807, 2.05) is 0 Å². The number of phenols is 1. The van der Waals surface area contributed by atoms with Crippen LogP contribution in [0.15, 0.2) is 36.5 Å². The second kappa shape index (κ2) is 5.60. The zero-order valence-corrected chi connectivity index (χ0v) is 11.9. The predicted molar refractivity (Wildman–Crippen MR) is 77.5 cm³/mol. The van der Waals surface area contributed by atoms with E-state index in [0.717, 1.165) is 12.1 Å². The number of hydrogen-bond donors (Lipinski definition) is 1. The number of benzene rings is 2. The summed E-state index contributed by atoms with van der Waals surface area (Å²) in [6.07, 6.45) is 1.42. The summed E-state index contributed by atoms with van der Waals surface area (Å²) < 4.78 is 32.6. The number of carbonyl (C=O) groups excluding carboxylic acids is 1. The van der Waals surface area contributed by atoms with Crippen molar-refractivity contribution in [1.29, 1.82) is 0 Å². The van der Waals surface area contributed by atoms with E-state index in [9.17, 15) is 18.7 Å². The number of carbonyl (C=O) groups is 1. The van der Waals surface area contributed by atoms with Gasteiger partial charge in [-0.15, -0.1) is 0 Å². The van der Waals surface area contributed by atoms with Crippen LogP contribution in [0.25, 0.3) is 11.0 Å². The molecule has 23 heavy (non-hydrogen) atoms. The molecule has 0 aliphatic carbocycles. The molecule has 0 aliphatic rings. The highest BCUT2D eigenvalue weighted by Crippen LogP contribution is 2.25.